The molecule has 2 aromatic carbocycles. The Hall–Kier alpha value is -2.01. The lowest BCUT2D eigenvalue weighted by atomic mass is 10.1. The minimum atomic E-state index is -0.633. The molecule has 0 bridgehead atoms. The van der Waals surface area contributed by atoms with Crippen LogP contribution >= 0.6 is 15.9 Å². The number of rotatable bonds is 7. The molecule has 0 saturated heterocycles. The molecule has 0 aliphatic heterocycles. The highest BCUT2D eigenvalue weighted by molar-refractivity contribution is 9.10. The SMILES string of the molecule is Cc1cc(Br)cc(C)c1OC(C)C(=O)Nc1ccccc1OCC(C)C. The van der Waals surface area contributed by atoms with Crippen LogP contribution in [-0.4, -0.2) is 18.6 Å². The summed E-state index contributed by atoms with van der Waals surface area (Å²) < 4.78 is 12.7. The molecule has 0 heterocycles. The van der Waals surface area contributed by atoms with Crippen LogP contribution in [-0.2, 0) is 4.79 Å². The summed E-state index contributed by atoms with van der Waals surface area (Å²) in [5.41, 5.74) is 2.62. The Morgan fingerprint density at radius 2 is 1.73 bits per heavy atom. The molecule has 1 N–H and O–H groups in total. The number of ether oxygens (including phenoxy) is 2. The fourth-order valence-corrected chi connectivity index (χ4v) is 3.19. The first kappa shape index (κ1) is 20.3. The molecule has 0 radical (unpaired) electrons. The average Bonchev–Trinajstić information content (AvgIpc) is 2.56. The molecule has 0 aromatic heterocycles. The average molecular weight is 420 g/mol. The number of anilines is 1. The van der Waals surface area contributed by atoms with Gasteiger partial charge in [-0.1, -0.05) is 41.9 Å². The van der Waals surface area contributed by atoms with E-state index in [4.69, 9.17) is 9.47 Å². The fourth-order valence-electron chi connectivity index (χ4n) is 2.50. The van der Waals surface area contributed by atoms with Gasteiger partial charge in [-0.05, 0) is 62.1 Å². The van der Waals surface area contributed by atoms with E-state index in [0.717, 1.165) is 21.3 Å². The minimum absolute atomic E-state index is 0.215. The zero-order chi connectivity index (χ0) is 19.3. The van der Waals surface area contributed by atoms with Crippen molar-refractivity contribution < 1.29 is 14.3 Å². The van der Waals surface area contributed by atoms with Crippen LogP contribution in [0.3, 0.4) is 0 Å². The lowest BCUT2D eigenvalue weighted by molar-refractivity contribution is -0.122. The van der Waals surface area contributed by atoms with Crippen LogP contribution in [0.2, 0.25) is 0 Å². The summed E-state index contributed by atoms with van der Waals surface area (Å²) in [4.78, 5) is 12.6. The van der Waals surface area contributed by atoms with Crippen molar-refractivity contribution in [2.45, 2.75) is 40.7 Å². The van der Waals surface area contributed by atoms with Gasteiger partial charge in [0.2, 0.25) is 0 Å². The number of nitrogens with one attached hydrogen (secondary N) is 1. The highest BCUT2D eigenvalue weighted by Crippen LogP contribution is 2.29. The Morgan fingerprint density at radius 1 is 1.12 bits per heavy atom. The maximum absolute atomic E-state index is 12.6. The van der Waals surface area contributed by atoms with Crippen LogP contribution in [0.15, 0.2) is 40.9 Å². The van der Waals surface area contributed by atoms with Crippen LogP contribution in [0.1, 0.15) is 31.9 Å². The summed E-state index contributed by atoms with van der Waals surface area (Å²) in [6, 6.07) is 11.4. The third kappa shape index (κ3) is 5.49. The van der Waals surface area contributed by atoms with Gasteiger partial charge >= 0.3 is 0 Å². The van der Waals surface area contributed by atoms with Gasteiger partial charge in [-0.25, -0.2) is 0 Å². The van der Waals surface area contributed by atoms with Crippen molar-refractivity contribution in [1.29, 1.82) is 0 Å². The Kier molecular flexibility index (Phi) is 7.09. The highest BCUT2D eigenvalue weighted by Gasteiger charge is 2.19. The molecule has 0 aliphatic carbocycles. The largest absolute Gasteiger partial charge is 0.491 e. The van der Waals surface area contributed by atoms with Gasteiger partial charge < -0.3 is 14.8 Å². The van der Waals surface area contributed by atoms with Gasteiger partial charge in [0.15, 0.2) is 6.10 Å². The predicted molar refractivity (Wildman–Crippen MR) is 109 cm³/mol. The van der Waals surface area contributed by atoms with E-state index >= 15 is 0 Å². The van der Waals surface area contributed by atoms with Gasteiger partial charge in [0.25, 0.3) is 5.91 Å². The number of carbonyl (C=O) groups is 1. The summed E-state index contributed by atoms with van der Waals surface area (Å²) in [6.45, 7) is 10.4. The van der Waals surface area contributed by atoms with Gasteiger partial charge in [0.05, 0.1) is 12.3 Å². The van der Waals surface area contributed by atoms with E-state index < -0.39 is 6.10 Å². The van der Waals surface area contributed by atoms with E-state index in [9.17, 15) is 4.79 Å². The topological polar surface area (TPSA) is 47.6 Å². The summed E-state index contributed by atoms with van der Waals surface area (Å²) in [7, 11) is 0. The number of hydrogen-bond acceptors (Lipinski definition) is 3. The van der Waals surface area contributed by atoms with Crippen LogP contribution in [0.5, 0.6) is 11.5 Å². The Balaban J connectivity index is 2.08. The molecule has 5 heteroatoms. The first-order chi connectivity index (χ1) is 12.3. The maximum atomic E-state index is 12.6. The number of hydrogen-bond donors (Lipinski definition) is 1. The zero-order valence-electron chi connectivity index (χ0n) is 15.9. The predicted octanol–water partition coefficient (Wildman–Crippen LogP) is 5.51. The zero-order valence-corrected chi connectivity index (χ0v) is 17.5. The van der Waals surface area contributed by atoms with Gasteiger partial charge in [-0.3, -0.25) is 4.79 Å². The van der Waals surface area contributed by atoms with Gasteiger partial charge in [-0.2, -0.15) is 0 Å². The van der Waals surface area contributed by atoms with Crippen molar-refractivity contribution in [3.63, 3.8) is 0 Å². The first-order valence-electron chi connectivity index (χ1n) is 8.74. The molecule has 0 spiro atoms. The van der Waals surface area contributed by atoms with Crippen LogP contribution in [0.4, 0.5) is 5.69 Å². The quantitative estimate of drug-likeness (QED) is 0.643. The third-order valence-corrected chi connectivity index (χ3v) is 4.26. The molecule has 1 atom stereocenters. The number of aryl methyl sites for hydroxylation is 2. The lowest BCUT2D eigenvalue weighted by Gasteiger charge is -2.19. The monoisotopic (exact) mass is 419 g/mol. The summed E-state index contributed by atoms with van der Waals surface area (Å²) in [5.74, 6) is 1.59. The lowest BCUT2D eigenvalue weighted by Crippen LogP contribution is -2.30. The van der Waals surface area contributed by atoms with E-state index in [1.807, 2.05) is 50.2 Å². The minimum Gasteiger partial charge on any atom is -0.491 e. The summed E-state index contributed by atoms with van der Waals surface area (Å²) in [5, 5.41) is 2.91. The van der Waals surface area contributed by atoms with Crippen LogP contribution in [0.25, 0.3) is 0 Å². The normalized spacial score (nSPS) is 12.0. The molecule has 4 nitrogen and oxygen atoms in total. The Labute approximate surface area is 164 Å². The van der Waals surface area contributed by atoms with Crippen molar-refractivity contribution in [1.82, 2.24) is 0 Å². The molecular formula is C21H26BrNO3. The van der Waals surface area contributed by atoms with E-state index in [1.54, 1.807) is 6.92 Å². The van der Waals surface area contributed by atoms with E-state index in [2.05, 4.69) is 35.1 Å². The van der Waals surface area contributed by atoms with E-state index in [0.29, 0.717) is 24.0 Å². The fraction of sp³-hybridized carbons (Fsp3) is 0.381. The van der Waals surface area contributed by atoms with Crippen molar-refractivity contribution in [3.8, 4) is 11.5 Å². The second kappa shape index (κ2) is 9.08. The molecule has 2 rings (SSSR count). The van der Waals surface area contributed by atoms with Crippen LogP contribution < -0.4 is 14.8 Å². The molecule has 0 saturated carbocycles. The second-order valence-corrected chi connectivity index (χ2v) is 7.73. The molecule has 2 aromatic rings. The standard InChI is InChI=1S/C21H26BrNO3/c1-13(2)12-25-19-9-7-6-8-18(19)23-21(24)16(5)26-20-14(3)10-17(22)11-15(20)4/h6-11,13,16H,12H2,1-5H3,(H,23,24). The Morgan fingerprint density at radius 3 is 2.35 bits per heavy atom. The van der Waals surface area contributed by atoms with Crippen molar-refractivity contribution in [2.75, 3.05) is 11.9 Å². The molecule has 26 heavy (non-hydrogen) atoms. The summed E-state index contributed by atoms with van der Waals surface area (Å²) >= 11 is 3.47. The van der Waals surface area contributed by atoms with Crippen molar-refractivity contribution in [2.24, 2.45) is 5.92 Å². The van der Waals surface area contributed by atoms with Crippen molar-refractivity contribution in [3.05, 3.63) is 52.0 Å². The van der Waals surface area contributed by atoms with E-state index in [1.165, 1.54) is 0 Å². The number of carbonyl (C=O) groups excluding carboxylic acids is 1. The van der Waals surface area contributed by atoms with Crippen LogP contribution in [0, 0.1) is 19.8 Å². The van der Waals surface area contributed by atoms with Gasteiger partial charge in [0, 0.05) is 4.47 Å². The molecule has 140 valence electrons. The summed E-state index contributed by atoms with van der Waals surface area (Å²) in [6.07, 6.45) is -0.633. The smallest absolute Gasteiger partial charge is 0.265 e. The van der Waals surface area contributed by atoms with Gasteiger partial charge in [-0.15, -0.1) is 0 Å². The molecular weight excluding hydrogens is 394 g/mol. The molecule has 0 aliphatic rings. The third-order valence-electron chi connectivity index (χ3n) is 3.81. The maximum Gasteiger partial charge on any atom is 0.265 e. The van der Waals surface area contributed by atoms with E-state index in [-0.39, 0.29) is 5.91 Å². The Bertz CT molecular complexity index is 751. The number of halogens is 1. The number of amides is 1. The number of para-hydroxylation sites is 2. The number of benzene rings is 2. The molecule has 0 fully saturated rings. The molecule has 1 amide bonds. The van der Waals surface area contributed by atoms with Crippen molar-refractivity contribution >= 4 is 27.5 Å². The first-order valence-corrected chi connectivity index (χ1v) is 9.53. The van der Waals surface area contributed by atoms with Gasteiger partial charge in [0.1, 0.15) is 11.5 Å². The second-order valence-electron chi connectivity index (χ2n) is 6.82. The molecule has 1 unspecified atom stereocenters. The highest BCUT2D eigenvalue weighted by atomic mass is 79.9.